The Morgan fingerprint density at radius 2 is 1.81 bits per heavy atom. The van der Waals surface area contributed by atoms with Crippen molar-refractivity contribution in [3.05, 3.63) is 39.9 Å². The molecule has 0 saturated carbocycles. The average Bonchev–Trinajstić information content (AvgIpc) is 2.81. The highest BCUT2D eigenvalue weighted by molar-refractivity contribution is 7.92. The van der Waals surface area contributed by atoms with Crippen LogP contribution in [-0.2, 0) is 17.4 Å². The van der Waals surface area contributed by atoms with Gasteiger partial charge in [0.05, 0.1) is 16.3 Å². The molecule has 5 nitrogen and oxygen atoms in total. The molecule has 148 valence electrons. The number of aromatic carboxylic acids is 1. The summed E-state index contributed by atoms with van der Waals surface area (Å²) in [6.45, 7) is 0.839. The summed E-state index contributed by atoms with van der Waals surface area (Å²) < 4.78 is 102. The van der Waals surface area contributed by atoms with Crippen LogP contribution in [0.25, 0.3) is 5.69 Å². The molecule has 0 aliphatic carbocycles. The molecule has 0 spiro atoms. The van der Waals surface area contributed by atoms with Crippen molar-refractivity contribution in [3.63, 3.8) is 0 Å². The fourth-order valence-corrected chi connectivity index (χ4v) is 3.29. The molecule has 2 aromatic rings. The van der Waals surface area contributed by atoms with Crippen LogP contribution in [0.15, 0.2) is 17.0 Å². The van der Waals surface area contributed by atoms with Gasteiger partial charge in [0, 0.05) is 0 Å². The maximum atomic E-state index is 14.2. The molecule has 14 heteroatoms. The van der Waals surface area contributed by atoms with Gasteiger partial charge in [0.1, 0.15) is 16.9 Å². The predicted octanol–water partition coefficient (Wildman–Crippen LogP) is 4.32. The van der Waals surface area contributed by atoms with E-state index in [0.29, 0.717) is 6.07 Å². The van der Waals surface area contributed by atoms with Gasteiger partial charge in [-0.15, -0.1) is 13.2 Å². The second-order valence-corrected chi connectivity index (χ2v) is 6.80. The molecule has 1 unspecified atom stereocenters. The average molecular weight is 439 g/mol. The molecule has 0 aliphatic heterocycles. The fourth-order valence-electron chi connectivity index (χ4n) is 2.11. The van der Waals surface area contributed by atoms with Crippen LogP contribution in [0, 0.1) is 12.7 Å². The number of alkyl halides is 6. The number of rotatable bonds is 3. The maximum absolute atomic E-state index is 14.2. The first-order chi connectivity index (χ1) is 12.2. The number of aromatic nitrogens is 2. The Morgan fingerprint density at radius 1 is 1.26 bits per heavy atom. The van der Waals surface area contributed by atoms with Crippen molar-refractivity contribution in [1.29, 1.82) is 0 Å². The first-order valence-electron chi connectivity index (χ1n) is 6.54. The van der Waals surface area contributed by atoms with Crippen molar-refractivity contribution in [2.75, 3.05) is 0 Å². The molecule has 0 aliphatic rings. The molecule has 0 bridgehead atoms. The third kappa shape index (κ3) is 3.99. The third-order valence-corrected chi connectivity index (χ3v) is 4.78. The van der Waals surface area contributed by atoms with Crippen LogP contribution in [0.1, 0.15) is 21.7 Å². The van der Waals surface area contributed by atoms with Gasteiger partial charge < -0.3 is 9.66 Å². The van der Waals surface area contributed by atoms with Crippen LogP contribution in [0.2, 0.25) is 5.02 Å². The Bertz CT molecular complexity index is 888. The topological polar surface area (TPSA) is 78.2 Å². The van der Waals surface area contributed by atoms with Crippen molar-refractivity contribution < 1.29 is 45.2 Å². The SMILES string of the molecule is Cc1c([S+]([O-])C(F)(F)F)c(C(=O)O)nn1-c1c(F)cc(C(F)(F)F)cc1Cl. The summed E-state index contributed by atoms with van der Waals surface area (Å²) in [7, 11) is 0. The van der Waals surface area contributed by atoms with Gasteiger partial charge in [-0.1, -0.05) is 11.6 Å². The first-order valence-corrected chi connectivity index (χ1v) is 8.07. The highest BCUT2D eigenvalue weighted by Gasteiger charge is 2.50. The van der Waals surface area contributed by atoms with Gasteiger partial charge in [0.2, 0.25) is 10.6 Å². The normalized spacial score (nSPS) is 13.7. The molecule has 1 atom stereocenters. The molecule has 0 saturated heterocycles. The highest BCUT2D eigenvalue weighted by Crippen LogP contribution is 2.38. The van der Waals surface area contributed by atoms with E-state index in [9.17, 15) is 40.1 Å². The van der Waals surface area contributed by atoms with Crippen molar-refractivity contribution >= 4 is 28.7 Å². The Morgan fingerprint density at radius 3 is 2.22 bits per heavy atom. The zero-order valence-electron chi connectivity index (χ0n) is 12.7. The molecule has 0 radical (unpaired) electrons. The number of benzene rings is 1. The minimum Gasteiger partial charge on any atom is -0.604 e. The lowest BCUT2D eigenvalue weighted by Crippen LogP contribution is -2.25. The number of carboxylic acid groups (broad SMARTS) is 1. The van der Waals surface area contributed by atoms with Crippen LogP contribution < -0.4 is 0 Å². The zero-order valence-corrected chi connectivity index (χ0v) is 14.3. The second kappa shape index (κ2) is 6.87. The number of halogens is 8. The molecule has 0 fully saturated rings. The van der Waals surface area contributed by atoms with Gasteiger partial charge in [-0.05, 0) is 19.1 Å². The van der Waals surface area contributed by atoms with Gasteiger partial charge in [0.25, 0.3) is 0 Å². The van der Waals surface area contributed by atoms with Crippen molar-refractivity contribution in [2.45, 2.75) is 23.5 Å². The molecule has 2 rings (SSSR count). The summed E-state index contributed by atoms with van der Waals surface area (Å²) in [5.74, 6) is -3.63. The Labute approximate surface area is 153 Å². The summed E-state index contributed by atoms with van der Waals surface area (Å²) in [5.41, 5.74) is -9.78. The molecule has 1 heterocycles. The predicted molar refractivity (Wildman–Crippen MR) is 77.7 cm³/mol. The number of hydrogen-bond acceptors (Lipinski definition) is 3. The van der Waals surface area contributed by atoms with E-state index in [2.05, 4.69) is 5.10 Å². The molecule has 1 N–H and O–H groups in total. The van der Waals surface area contributed by atoms with Gasteiger partial charge in [0.15, 0.2) is 5.82 Å². The number of carbonyl (C=O) groups is 1. The lowest BCUT2D eigenvalue weighted by Gasteiger charge is -2.14. The Balaban J connectivity index is 2.77. The van der Waals surface area contributed by atoms with Crippen LogP contribution in [0.3, 0.4) is 0 Å². The van der Waals surface area contributed by atoms with E-state index in [1.54, 1.807) is 0 Å². The zero-order chi connectivity index (χ0) is 20.9. The summed E-state index contributed by atoms with van der Waals surface area (Å²) in [5, 5.41) is 11.4. The highest BCUT2D eigenvalue weighted by atomic mass is 35.5. The van der Waals surface area contributed by atoms with E-state index in [1.807, 2.05) is 0 Å². The summed E-state index contributed by atoms with van der Waals surface area (Å²) >= 11 is 1.77. The molecule has 0 amide bonds. The molecular weight excluding hydrogens is 433 g/mol. The Hall–Kier alpha value is -1.99. The van der Waals surface area contributed by atoms with E-state index in [-0.39, 0.29) is 10.7 Å². The molecular formula is C13H6ClF7N2O3S. The van der Waals surface area contributed by atoms with E-state index in [1.165, 1.54) is 0 Å². The van der Waals surface area contributed by atoms with Gasteiger partial charge in [-0.3, -0.25) is 0 Å². The smallest absolute Gasteiger partial charge is 0.578 e. The van der Waals surface area contributed by atoms with E-state index in [0.717, 1.165) is 6.92 Å². The van der Waals surface area contributed by atoms with Crippen LogP contribution in [0.5, 0.6) is 0 Å². The van der Waals surface area contributed by atoms with Crippen LogP contribution >= 0.6 is 11.6 Å². The minimum absolute atomic E-state index is 0.0170. The quantitative estimate of drug-likeness (QED) is 0.572. The van der Waals surface area contributed by atoms with Crippen molar-refractivity contribution in [2.24, 2.45) is 0 Å². The summed E-state index contributed by atoms with van der Waals surface area (Å²) in [6, 6.07) is 0.311. The van der Waals surface area contributed by atoms with Gasteiger partial charge in [-0.25, -0.2) is 13.9 Å². The lowest BCUT2D eigenvalue weighted by atomic mass is 10.2. The number of hydrogen-bond donors (Lipinski definition) is 1. The fraction of sp³-hybridized carbons (Fsp3) is 0.231. The van der Waals surface area contributed by atoms with E-state index in [4.69, 9.17) is 16.7 Å². The number of nitrogens with zero attached hydrogens (tertiary/aromatic N) is 2. The largest absolute Gasteiger partial charge is 0.604 e. The van der Waals surface area contributed by atoms with Crippen molar-refractivity contribution in [1.82, 2.24) is 9.78 Å². The minimum atomic E-state index is -5.36. The summed E-state index contributed by atoms with van der Waals surface area (Å²) in [6.07, 6.45) is -4.96. The molecule has 1 aromatic carbocycles. The molecule has 1 aromatic heterocycles. The monoisotopic (exact) mass is 438 g/mol. The van der Waals surface area contributed by atoms with Crippen LogP contribution in [0.4, 0.5) is 30.7 Å². The van der Waals surface area contributed by atoms with Crippen LogP contribution in [-0.4, -0.2) is 30.9 Å². The standard InChI is InChI=1S/C13H6ClF7N2O3S/c1-4-10(27(26)13(19,20)21)8(11(24)25)22-23(4)9-6(14)2-5(3-7(9)15)12(16,17)18/h2-3H,1H3,(H,24,25). The summed E-state index contributed by atoms with van der Waals surface area (Å²) in [4.78, 5) is 9.88. The first kappa shape index (κ1) is 21.3. The van der Waals surface area contributed by atoms with Gasteiger partial charge in [-0.2, -0.15) is 18.3 Å². The Kier molecular flexibility index (Phi) is 5.42. The van der Waals surface area contributed by atoms with Gasteiger partial charge >= 0.3 is 17.7 Å². The van der Waals surface area contributed by atoms with E-state index < -0.39 is 67.2 Å². The third-order valence-electron chi connectivity index (χ3n) is 3.22. The maximum Gasteiger partial charge on any atom is 0.578 e. The second-order valence-electron chi connectivity index (χ2n) is 4.98. The molecule has 27 heavy (non-hydrogen) atoms. The van der Waals surface area contributed by atoms with E-state index >= 15 is 0 Å². The van der Waals surface area contributed by atoms with Crippen molar-refractivity contribution in [3.8, 4) is 5.69 Å². The lowest BCUT2D eigenvalue weighted by molar-refractivity contribution is -0.137. The number of carboxylic acids is 1.